The lowest BCUT2D eigenvalue weighted by atomic mass is 10.1. The fourth-order valence-electron chi connectivity index (χ4n) is 1.90. The van der Waals surface area contributed by atoms with Crippen LogP contribution in [-0.2, 0) is 21.9 Å². The van der Waals surface area contributed by atoms with Crippen molar-refractivity contribution in [1.29, 1.82) is 0 Å². The average Bonchev–Trinajstić information content (AvgIpc) is 2.95. The van der Waals surface area contributed by atoms with Crippen molar-refractivity contribution in [3.63, 3.8) is 0 Å². The van der Waals surface area contributed by atoms with Crippen LogP contribution in [0, 0.1) is 6.57 Å². The van der Waals surface area contributed by atoms with Crippen LogP contribution in [0.1, 0.15) is 10.5 Å². The minimum atomic E-state index is -5.90. The number of ether oxygens (including phenoxy) is 1. The summed E-state index contributed by atoms with van der Waals surface area (Å²) < 4.78 is 69.2. The van der Waals surface area contributed by atoms with E-state index in [4.69, 9.17) is 6.57 Å². The van der Waals surface area contributed by atoms with Gasteiger partial charge in [-0.05, 0) is 23.8 Å². The van der Waals surface area contributed by atoms with Crippen LogP contribution in [0.5, 0.6) is 5.75 Å². The number of esters is 1. The molecule has 2 aromatic rings. The van der Waals surface area contributed by atoms with Gasteiger partial charge < -0.3 is 8.92 Å². The van der Waals surface area contributed by atoms with Gasteiger partial charge in [-0.3, -0.25) is 4.68 Å². The molecule has 0 aliphatic heterocycles. The quantitative estimate of drug-likeness (QED) is 0.346. The first-order valence-electron chi connectivity index (χ1n) is 6.65. The Morgan fingerprint density at radius 2 is 1.96 bits per heavy atom. The van der Waals surface area contributed by atoms with Crippen LogP contribution in [0.15, 0.2) is 24.3 Å². The van der Waals surface area contributed by atoms with E-state index in [0.29, 0.717) is 0 Å². The Hall–Kier alpha value is -3.07. The van der Waals surface area contributed by atoms with E-state index >= 15 is 0 Å². The molecule has 0 fully saturated rings. The van der Waals surface area contributed by atoms with E-state index in [9.17, 15) is 26.4 Å². The second-order valence-corrected chi connectivity index (χ2v) is 6.35. The predicted octanol–water partition coefficient (Wildman–Crippen LogP) is 2.65. The average molecular weight is 389 g/mol. The second kappa shape index (κ2) is 6.68. The first-order chi connectivity index (χ1) is 12.0. The molecule has 0 N–H and O–H groups in total. The summed E-state index contributed by atoms with van der Waals surface area (Å²) in [6, 6.07) is 4.55. The number of hydrogen-bond donors (Lipinski definition) is 0. The normalized spacial score (nSPS) is 11.7. The number of carbonyl (C=O) groups is 1. The van der Waals surface area contributed by atoms with Gasteiger partial charge in [-0.2, -0.15) is 26.7 Å². The minimum absolute atomic E-state index is 0.104. The molecule has 1 aromatic heterocycles. The number of methoxy groups -OCH3 is 1. The first-order valence-corrected chi connectivity index (χ1v) is 8.06. The van der Waals surface area contributed by atoms with E-state index in [-0.39, 0.29) is 17.0 Å². The molecule has 26 heavy (non-hydrogen) atoms. The van der Waals surface area contributed by atoms with Crippen LogP contribution >= 0.6 is 0 Å². The van der Waals surface area contributed by atoms with Gasteiger partial charge in [0.05, 0.1) is 19.4 Å². The van der Waals surface area contributed by atoms with E-state index in [1.165, 1.54) is 31.0 Å². The van der Waals surface area contributed by atoms with Gasteiger partial charge in [0.1, 0.15) is 11.4 Å². The fraction of sp³-hybridized carbons (Fsp3) is 0.214. The Balaban J connectivity index is 2.45. The number of carbonyl (C=O) groups excluding carboxylic acids is 1. The summed E-state index contributed by atoms with van der Waals surface area (Å²) in [4.78, 5) is 14.6. The SMILES string of the molecule is [C-]#[N+]c1cc(-c2cc(C(=O)OC)n(C)n2)ccc1OS(=O)(=O)C(F)(F)F. The highest BCUT2D eigenvalue weighted by Gasteiger charge is 2.48. The van der Waals surface area contributed by atoms with Crippen molar-refractivity contribution in [3.05, 3.63) is 41.4 Å². The number of rotatable bonds is 4. The molecule has 0 radical (unpaired) electrons. The Labute approximate surface area is 145 Å². The number of alkyl halides is 3. The Kier molecular flexibility index (Phi) is 4.95. The number of aromatic nitrogens is 2. The molecule has 0 bridgehead atoms. The molecule has 8 nitrogen and oxygen atoms in total. The Morgan fingerprint density at radius 1 is 1.31 bits per heavy atom. The summed E-state index contributed by atoms with van der Waals surface area (Å²) in [5, 5.41) is 4.04. The van der Waals surface area contributed by atoms with Gasteiger partial charge in [0.2, 0.25) is 5.69 Å². The van der Waals surface area contributed by atoms with Crippen molar-refractivity contribution in [2.75, 3.05) is 7.11 Å². The molecular formula is C14H10F3N3O5S. The molecule has 0 saturated carbocycles. The summed E-state index contributed by atoms with van der Waals surface area (Å²) in [5.41, 5.74) is -5.50. The number of halogens is 3. The molecule has 0 aliphatic carbocycles. The highest BCUT2D eigenvalue weighted by molar-refractivity contribution is 7.88. The van der Waals surface area contributed by atoms with Crippen molar-refractivity contribution in [3.8, 4) is 17.0 Å². The van der Waals surface area contributed by atoms with Gasteiger partial charge in [0.15, 0.2) is 0 Å². The lowest BCUT2D eigenvalue weighted by Crippen LogP contribution is -2.28. The monoisotopic (exact) mass is 389 g/mol. The third-order valence-electron chi connectivity index (χ3n) is 3.13. The zero-order chi connectivity index (χ0) is 19.7. The second-order valence-electron chi connectivity index (χ2n) is 4.81. The number of nitrogens with zero attached hydrogens (tertiary/aromatic N) is 3. The highest BCUT2D eigenvalue weighted by Crippen LogP contribution is 2.36. The molecule has 0 saturated heterocycles. The molecule has 1 heterocycles. The van der Waals surface area contributed by atoms with Gasteiger partial charge in [0, 0.05) is 7.05 Å². The van der Waals surface area contributed by atoms with Gasteiger partial charge >= 0.3 is 21.6 Å². The lowest BCUT2D eigenvalue weighted by molar-refractivity contribution is -0.0499. The molecule has 0 unspecified atom stereocenters. The standard InChI is InChI=1S/C14H10F3N3O5S/c1-18-10-6-8(9-7-11(13(21)24-3)20(2)19-9)4-5-12(10)25-26(22,23)14(15,16)17/h4-7H,2-3H3. The maximum absolute atomic E-state index is 12.4. The summed E-state index contributed by atoms with van der Waals surface area (Å²) in [7, 11) is -3.25. The molecule has 138 valence electrons. The predicted molar refractivity (Wildman–Crippen MR) is 81.8 cm³/mol. The van der Waals surface area contributed by atoms with Crippen LogP contribution in [0.25, 0.3) is 16.1 Å². The number of aryl methyl sites for hydroxylation is 1. The smallest absolute Gasteiger partial charge is 0.464 e. The molecule has 1 aromatic carbocycles. The van der Waals surface area contributed by atoms with Crippen molar-refractivity contribution in [2.45, 2.75) is 5.51 Å². The maximum Gasteiger partial charge on any atom is 0.534 e. The molecule has 0 atom stereocenters. The van der Waals surface area contributed by atoms with E-state index in [2.05, 4.69) is 18.9 Å². The van der Waals surface area contributed by atoms with Crippen molar-refractivity contribution in [1.82, 2.24) is 9.78 Å². The summed E-state index contributed by atoms with van der Waals surface area (Å²) in [6.45, 7) is 7.02. The summed E-state index contributed by atoms with van der Waals surface area (Å²) in [5.74, 6) is -1.43. The number of benzene rings is 1. The minimum Gasteiger partial charge on any atom is -0.464 e. The number of hydrogen-bond acceptors (Lipinski definition) is 6. The third-order valence-corrected chi connectivity index (χ3v) is 4.10. The van der Waals surface area contributed by atoms with Gasteiger partial charge in [0.25, 0.3) is 0 Å². The van der Waals surface area contributed by atoms with Crippen LogP contribution in [-0.4, -0.2) is 36.8 Å². The molecular weight excluding hydrogens is 379 g/mol. The topological polar surface area (TPSA) is 91.8 Å². The van der Waals surface area contributed by atoms with Crippen molar-refractivity contribution >= 4 is 21.8 Å². The molecule has 2 rings (SSSR count). The summed E-state index contributed by atoms with van der Waals surface area (Å²) in [6.07, 6.45) is 0. The first kappa shape index (κ1) is 19.3. The fourth-order valence-corrected chi connectivity index (χ4v) is 2.38. The van der Waals surface area contributed by atoms with Crippen LogP contribution in [0.4, 0.5) is 18.9 Å². The maximum atomic E-state index is 12.4. The van der Waals surface area contributed by atoms with E-state index in [1.807, 2.05) is 0 Å². The van der Waals surface area contributed by atoms with Crippen LogP contribution < -0.4 is 4.18 Å². The van der Waals surface area contributed by atoms with E-state index < -0.39 is 33.0 Å². The zero-order valence-electron chi connectivity index (χ0n) is 13.2. The lowest BCUT2D eigenvalue weighted by Gasteiger charge is -2.11. The molecule has 0 spiro atoms. The van der Waals surface area contributed by atoms with Gasteiger partial charge in [-0.1, -0.05) is 6.07 Å². The van der Waals surface area contributed by atoms with Crippen LogP contribution in [0.2, 0.25) is 0 Å². The van der Waals surface area contributed by atoms with Crippen molar-refractivity contribution in [2.24, 2.45) is 7.05 Å². The van der Waals surface area contributed by atoms with Crippen LogP contribution in [0.3, 0.4) is 0 Å². The molecule has 0 amide bonds. The van der Waals surface area contributed by atoms with E-state index in [1.54, 1.807) is 0 Å². The van der Waals surface area contributed by atoms with Gasteiger partial charge in [-0.25, -0.2) is 9.64 Å². The third kappa shape index (κ3) is 3.62. The Bertz CT molecular complexity index is 1010. The molecule has 0 aliphatic rings. The zero-order valence-corrected chi connectivity index (χ0v) is 14.1. The molecule has 12 heteroatoms. The summed E-state index contributed by atoms with van der Waals surface area (Å²) >= 11 is 0. The van der Waals surface area contributed by atoms with Gasteiger partial charge in [-0.15, -0.1) is 0 Å². The Morgan fingerprint density at radius 3 is 2.50 bits per heavy atom. The van der Waals surface area contributed by atoms with E-state index in [0.717, 1.165) is 12.1 Å². The highest BCUT2D eigenvalue weighted by atomic mass is 32.2. The largest absolute Gasteiger partial charge is 0.534 e. The van der Waals surface area contributed by atoms with Crippen molar-refractivity contribution < 1.29 is 35.3 Å².